The lowest BCUT2D eigenvalue weighted by Crippen LogP contribution is -2.22. The van der Waals surface area contributed by atoms with Crippen LogP contribution in [0.25, 0.3) is 0 Å². The number of carbonyl (C=O) groups is 1. The van der Waals surface area contributed by atoms with Crippen LogP contribution in [0.3, 0.4) is 0 Å². The summed E-state index contributed by atoms with van der Waals surface area (Å²) in [6, 6.07) is 6.83. The predicted octanol–water partition coefficient (Wildman–Crippen LogP) is 0.397. The fraction of sp³-hybridized carbons (Fsp3) is 0.273. The fourth-order valence-corrected chi connectivity index (χ4v) is 1.19. The van der Waals surface area contributed by atoms with Crippen LogP contribution in [0, 0.1) is 0 Å². The standard InChI is InChI=1S/C11H15N3O4/c1-17-7-11(15)13-8-4-2-3-5-9(8)18-6-10(12)14-16/h2-5,16H,6-7H2,1H3,(H2,12,14)(H,13,15). The van der Waals surface area contributed by atoms with E-state index in [1.165, 1.54) is 7.11 Å². The van der Waals surface area contributed by atoms with Gasteiger partial charge in [-0.25, -0.2) is 0 Å². The molecule has 0 saturated heterocycles. The van der Waals surface area contributed by atoms with Crippen molar-refractivity contribution in [2.24, 2.45) is 10.9 Å². The molecular formula is C11H15N3O4. The van der Waals surface area contributed by atoms with Crippen molar-refractivity contribution in [2.45, 2.75) is 0 Å². The van der Waals surface area contributed by atoms with Gasteiger partial charge in [-0.1, -0.05) is 17.3 Å². The summed E-state index contributed by atoms with van der Waals surface area (Å²) in [5.41, 5.74) is 5.78. The molecule has 0 fully saturated rings. The van der Waals surface area contributed by atoms with Crippen LogP contribution in [0.2, 0.25) is 0 Å². The average Bonchev–Trinajstić information content (AvgIpc) is 2.37. The number of ether oxygens (including phenoxy) is 2. The molecule has 1 rings (SSSR count). The normalized spacial score (nSPS) is 11.1. The maximum Gasteiger partial charge on any atom is 0.250 e. The summed E-state index contributed by atoms with van der Waals surface area (Å²) in [5.74, 6) is 0.0684. The van der Waals surface area contributed by atoms with Gasteiger partial charge in [-0.05, 0) is 12.1 Å². The molecule has 1 aromatic rings. The molecule has 98 valence electrons. The number of oxime groups is 1. The lowest BCUT2D eigenvalue weighted by atomic mass is 10.3. The SMILES string of the molecule is COCC(=O)Nc1ccccc1OC/C(N)=N/O. The summed E-state index contributed by atoms with van der Waals surface area (Å²) in [7, 11) is 1.43. The van der Waals surface area contributed by atoms with Gasteiger partial charge in [-0.3, -0.25) is 4.79 Å². The van der Waals surface area contributed by atoms with Crippen molar-refractivity contribution in [3.8, 4) is 5.75 Å². The Labute approximate surface area is 104 Å². The number of amides is 1. The summed E-state index contributed by atoms with van der Waals surface area (Å²) in [4.78, 5) is 11.4. The Morgan fingerprint density at radius 1 is 1.44 bits per heavy atom. The van der Waals surface area contributed by atoms with Crippen molar-refractivity contribution in [3.05, 3.63) is 24.3 Å². The Hall–Kier alpha value is -2.28. The number of rotatable bonds is 6. The first-order valence-corrected chi connectivity index (χ1v) is 5.14. The van der Waals surface area contributed by atoms with Crippen LogP contribution in [-0.4, -0.2) is 37.3 Å². The zero-order valence-corrected chi connectivity index (χ0v) is 9.92. The van der Waals surface area contributed by atoms with Crippen LogP contribution < -0.4 is 15.8 Å². The zero-order chi connectivity index (χ0) is 13.4. The number of nitrogens with zero attached hydrogens (tertiary/aromatic N) is 1. The molecule has 1 amide bonds. The number of nitrogens with one attached hydrogen (secondary N) is 1. The number of carbonyl (C=O) groups excluding carboxylic acids is 1. The zero-order valence-electron chi connectivity index (χ0n) is 9.92. The highest BCUT2D eigenvalue weighted by atomic mass is 16.5. The molecule has 0 unspecified atom stereocenters. The minimum absolute atomic E-state index is 0.0471. The molecule has 0 bridgehead atoms. The van der Waals surface area contributed by atoms with Gasteiger partial charge in [0.1, 0.15) is 19.0 Å². The Balaban J connectivity index is 2.70. The molecular weight excluding hydrogens is 238 g/mol. The van der Waals surface area contributed by atoms with Gasteiger partial charge >= 0.3 is 0 Å². The first kappa shape index (κ1) is 13.8. The largest absolute Gasteiger partial charge is 0.483 e. The quantitative estimate of drug-likeness (QED) is 0.294. The highest BCUT2D eigenvalue weighted by Crippen LogP contribution is 2.23. The fourth-order valence-electron chi connectivity index (χ4n) is 1.19. The van der Waals surface area contributed by atoms with Gasteiger partial charge in [0.25, 0.3) is 0 Å². The first-order chi connectivity index (χ1) is 8.67. The molecule has 1 aromatic carbocycles. The molecule has 0 aromatic heterocycles. The third kappa shape index (κ3) is 4.30. The summed E-state index contributed by atoms with van der Waals surface area (Å²) < 4.78 is 10.0. The van der Waals surface area contributed by atoms with Gasteiger partial charge in [-0.2, -0.15) is 0 Å². The highest BCUT2D eigenvalue weighted by Gasteiger charge is 2.07. The maximum absolute atomic E-state index is 11.4. The summed E-state index contributed by atoms with van der Waals surface area (Å²) in [6.45, 7) is -0.123. The van der Waals surface area contributed by atoms with E-state index in [9.17, 15) is 4.79 Å². The van der Waals surface area contributed by atoms with Crippen molar-refractivity contribution in [3.63, 3.8) is 0 Å². The number of benzene rings is 1. The molecule has 0 aliphatic heterocycles. The minimum atomic E-state index is -0.294. The lowest BCUT2D eigenvalue weighted by molar-refractivity contribution is -0.119. The molecule has 0 saturated carbocycles. The summed E-state index contributed by atoms with van der Waals surface area (Å²) >= 11 is 0. The number of methoxy groups -OCH3 is 1. The second kappa shape index (κ2) is 7.13. The predicted molar refractivity (Wildman–Crippen MR) is 65.9 cm³/mol. The van der Waals surface area contributed by atoms with Crippen LogP contribution in [0.1, 0.15) is 0 Å². The van der Waals surface area contributed by atoms with Gasteiger partial charge in [0, 0.05) is 7.11 Å². The lowest BCUT2D eigenvalue weighted by Gasteiger charge is -2.11. The van der Waals surface area contributed by atoms with Gasteiger partial charge < -0.3 is 25.7 Å². The van der Waals surface area contributed by atoms with Crippen LogP contribution >= 0.6 is 0 Å². The Bertz CT molecular complexity index is 434. The van der Waals surface area contributed by atoms with Gasteiger partial charge in [-0.15, -0.1) is 0 Å². The highest BCUT2D eigenvalue weighted by molar-refractivity contribution is 5.93. The summed E-state index contributed by atoms with van der Waals surface area (Å²) in [6.07, 6.45) is 0. The van der Waals surface area contributed by atoms with Crippen molar-refractivity contribution in [1.29, 1.82) is 0 Å². The number of nitrogens with two attached hydrogens (primary N) is 1. The molecule has 18 heavy (non-hydrogen) atoms. The van der Waals surface area contributed by atoms with Crippen LogP contribution in [0.4, 0.5) is 5.69 Å². The van der Waals surface area contributed by atoms with Crippen molar-refractivity contribution < 1.29 is 19.5 Å². The van der Waals surface area contributed by atoms with E-state index in [4.69, 9.17) is 20.4 Å². The van der Waals surface area contributed by atoms with E-state index in [1.54, 1.807) is 24.3 Å². The minimum Gasteiger partial charge on any atom is -0.483 e. The average molecular weight is 253 g/mol. The van der Waals surface area contributed by atoms with E-state index < -0.39 is 0 Å². The maximum atomic E-state index is 11.4. The molecule has 7 nitrogen and oxygen atoms in total. The number of anilines is 1. The number of hydrogen-bond donors (Lipinski definition) is 3. The molecule has 0 spiro atoms. The monoisotopic (exact) mass is 253 g/mol. The Kier molecular flexibility index (Phi) is 5.46. The topological polar surface area (TPSA) is 106 Å². The number of para-hydroxylation sites is 2. The molecule has 0 radical (unpaired) electrons. The van der Waals surface area contributed by atoms with Gasteiger partial charge in [0.15, 0.2) is 5.84 Å². The van der Waals surface area contributed by atoms with E-state index in [2.05, 4.69) is 10.5 Å². The first-order valence-electron chi connectivity index (χ1n) is 5.14. The van der Waals surface area contributed by atoms with Crippen molar-refractivity contribution >= 4 is 17.4 Å². The number of amidine groups is 1. The van der Waals surface area contributed by atoms with Gasteiger partial charge in [0.2, 0.25) is 5.91 Å². The molecule has 0 heterocycles. The van der Waals surface area contributed by atoms with E-state index in [-0.39, 0.29) is 25.0 Å². The van der Waals surface area contributed by atoms with Crippen LogP contribution in [0.15, 0.2) is 29.4 Å². The molecule has 4 N–H and O–H groups in total. The van der Waals surface area contributed by atoms with E-state index in [0.717, 1.165) is 0 Å². The second-order valence-corrected chi connectivity index (χ2v) is 3.36. The van der Waals surface area contributed by atoms with Crippen molar-refractivity contribution in [2.75, 3.05) is 25.6 Å². The van der Waals surface area contributed by atoms with Crippen molar-refractivity contribution in [1.82, 2.24) is 0 Å². The molecule has 0 aliphatic carbocycles. The molecule has 0 aliphatic rings. The summed E-state index contributed by atoms with van der Waals surface area (Å²) in [5, 5.41) is 13.8. The Morgan fingerprint density at radius 2 is 2.17 bits per heavy atom. The smallest absolute Gasteiger partial charge is 0.250 e. The van der Waals surface area contributed by atoms with Gasteiger partial charge in [0.05, 0.1) is 5.69 Å². The third-order valence-corrected chi connectivity index (χ3v) is 1.94. The number of hydrogen-bond acceptors (Lipinski definition) is 5. The third-order valence-electron chi connectivity index (χ3n) is 1.94. The van der Waals surface area contributed by atoms with E-state index in [1.807, 2.05) is 0 Å². The Morgan fingerprint density at radius 3 is 2.83 bits per heavy atom. The second-order valence-electron chi connectivity index (χ2n) is 3.36. The molecule has 0 atom stereocenters. The molecule has 7 heteroatoms. The van der Waals surface area contributed by atoms with E-state index >= 15 is 0 Å². The van der Waals surface area contributed by atoms with E-state index in [0.29, 0.717) is 11.4 Å². The van der Waals surface area contributed by atoms with Crippen LogP contribution in [-0.2, 0) is 9.53 Å². The van der Waals surface area contributed by atoms with Crippen LogP contribution in [0.5, 0.6) is 5.75 Å².